The first-order chi connectivity index (χ1) is 7.08. The Morgan fingerprint density at radius 2 is 2.20 bits per heavy atom. The fourth-order valence-electron chi connectivity index (χ4n) is 2.07. The van der Waals surface area contributed by atoms with Crippen LogP contribution in [0.5, 0.6) is 0 Å². The molecule has 0 spiro atoms. The van der Waals surface area contributed by atoms with Crippen LogP contribution in [0.4, 0.5) is 5.82 Å². The van der Waals surface area contributed by atoms with E-state index in [1.165, 1.54) is 11.3 Å². The van der Waals surface area contributed by atoms with Crippen molar-refractivity contribution in [3.8, 4) is 0 Å². The fraction of sp³-hybridized carbons (Fsp3) is 0.727. The van der Waals surface area contributed by atoms with Crippen LogP contribution in [0.1, 0.15) is 25.1 Å². The van der Waals surface area contributed by atoms with Crippen LogP contribution in [0.25, 0.3) is 0 Å². The highest BCUT2D eigenvalue weighted by Crippen LogP contribution is 2.23. The van der Waals surface area contributed by atoms with Crippen LogP contribution in [0, 0.1) is 5.92 Å². The van der Waals surface area contributed by atoms with Crippen molar-refractivity contribution in [2.45, 2.75) is 33.4 Å². The number of anilines is 1. The molecule has 1 aromatic heterocycles. The zero-order chi connectivity index (χ0) is 11.0. The minimum absolute atomic E-state index is 0.589. The molecule has 2 N–H and O–H groups in total. The average Bonchev–Trinajstić information content (AvgIpc) is 2.44. The molecule has 84 valence electrons. The first-order valence-corrected chi connectivity index (χ1v) is 5.60. The molecule has 0 amide bonds. The second-order valence-electron chi connectivity index (χ2n) is 4.87. The van der Waals surface area contributed by atoms with Crippen LogP contribution >= 0.6 is 0 Å². The van der Waals surface area contributed by atoms with Gasteiger partial charge < -0.3 is 10.6 Å². The minimum atomic E-state index is 0.589. The van der Waals surface area contributed by atoms with E-state index < -0.39 is 0 Å². The molecule has 15 heavy (non-hydrogen) atoms. The number of nitrogen functional groups attached to an aromatic ring is 1. The van der Waals surface area contributed by atoms with Gasteiger partial charge in [0.1, 0.15) is 5.82 Å². The van der Waals surface area contributed by atoms with Gasteiger partial charge in [0.2, 0.25) is 0 Å². The summed E-state index contributed by atoms with van der Waals surface area (Å²) >= 11 is 0. The summed E-state index contributed by atoms with van der Waals surface area (Å²) < 4.78 is 1.97. The van der Waals surface area contributed by atoms with E-state index in [9.17, 15) is 0 Å². The maximum atomic E-state index is 6.11. The third-order valence-electron chi connectivity index (χ3n) is 2.87. The highest BCUT2D eigenvalue weighted by atomic mass is 15.3. The Morgan fingerprint density at radius 1 is 1.47 bits per heavy atom. The van der Waals surface area contributed by atoms with Crippen LogP contribution in [0.15, 0.2) is 0 Å². The molecule has 0 fully saturated rings. The Hall–Kier alpha value is -1.03. The number of rotatable bonds is 2. The summed E-state index contributed by atoms with van der Waals surface area (Å²) in [5, 5.41) is 4.59. The molecule has 2 heterocycles. The lowest BCUT2D eigenvalue weighted by molar-refractivity contribution is 0.312. The van der Waals surface area contributed by atoms with Gasteiger partial charge in [-0.3, -0.25) is 0 Å². The van der Waals surface area contributed by atoms with Crippen LogP contribution in [0.2, 0.25) is 0 Å². The Morgan fingerprint density at radius 3 is 2.87 bits per heavy atom. The molecular formula is C11H20N4. The van der Waals surface area contributed by atoms with Crippen molar-refractivity contribution in [3.05, 3.63) is 11.3 Å². The molecular weight excluding hydrogens is 188 g/mol. The lowest BCUT2D eigenvalue weighted by atomic mass is 10.1. The van der Waals surface area contributed by atoms with Crippen LogP contribution < -0.4 is 5.73 Å². The molecule has 4 nitrogen and oxygen atoms in total. The Bertz CT molecular complexity index is 354. The molecule has 0 bridgehead atoms. The second kappa shape index (κ2) is 3.85. The zero-order valence-electron chi connectivity index (χ0n) is 9.82. The quantitative estimate of drug-likeness (QED) is 0.792. The van der Waals surface area contributed by atoms with E-state index >= 15 is 0 Å². The number of aromatic nitrogens is 2. The van der Waals surface area contributed by atoms with Crippen molar-refractivity contribution >= 4 is 5.82 Å². The van der Waals surface area contributed by atoms with Gasteiger partial charge in [-0.2, -0.15) is 5.10 Å². The van der Waals surface area contributed by atoms with E-state index in [1.807, 2.05) is 4.68 Å². The van der Waals surface area contributed by atoms with Crippen molar-refractivity contribution in [2.75, 3.05) is 19.3 Å². The van der Waals surface area contributed by atoms with E-state index in [0.717, 1.165) is 31.9 Å². The first kappa shape index (κ1) is 10.5. The monoisotopic (exact) mass is 208 g/mol. The van der Waals surface area contributed by atoms with Crippen molar-refractivity contribution in [3.63, 3.8) is 0 Å². The molecule has 0 aliphatic carbocycles. The van der Waals surface area contributed by atoms with E-state index in [2.05, 4.69) is 30.9 Å². The summed E-state index contributed by atoms with van der Waals surface area (Å²) in [5.41, 5.74) is 8.55. The van der Waals surface area contributed by atoms with Gasteiger partial charge in [-0.15, -0.1) is 0 Å². The molecule has 0 aromatic carbocycles. The van der Waals surface area contributed by atoms with Gasteiger partial charge in [-0.05, 0) is 13.0 Å². The summed E-state index contributed by atoms with van der Waals surface area (Å²) in [6.07, 6.45) is 1.03. The van der Waals surface area contributed by atoms with Gasteiger partial charge in [-0.1, -0.05) is 13.8 Å². The highest BCUT2D eigenvalue weighted by molar-refractivity contribution is 5.44. The van der Waals surface area contributed by atoms with Crippen molar-refractivity contribution < 1.29 is 0 Å². The van der Waals surface area contributed by atoms with Gasteiger partial charge in [0, 0.05) is 31.6 Å². The fourth-order valence-corrected chi connectivity index (χ4v) is 2.07. The van der Waals surface area contributed by atoms with Crippen molar-refractivity contribution in [1.82, 2.24) is 14.7 Å². The summed E-state index contributed by atoms with van der Waals surface area (Å²) in [6.45, 7) is 7.32. The molecule has 0 unspecified atom stereocenters. The number of fused-ring (bicyclic) bond motifs is 1. The summed E-state index contributed by atoms with van der Waals surface area (Å²) in [5.74, 6) is 1.46. The molecule has 0 saturated heterocycles. The number of likely N-dealkylation sites (N-methyl/N-ethyl adjacent to an activating group) is 1. The van der Waals surface area contributed by atoms with E-state index in [-0.39, 0.29) is 0 Å². The maximum Gasteiger partial charge on any atom is 0.126 e. The van der Waals surface area contributed by atoms with Crippen molar-refractivity contribution in [2.24, 2.45) is 5.92 Å². The van der Waals surface area contributed by atoms with Gasteiger partial charge in [-0.25, -0.2) is 4.68 Å². The summed E-state index contributed by atoms with van der Waals surface area (Å²) in [6, 6.07) is 0. The molecule has 2 rings (SSSR count). The zero-order valence-corrected chi connectivity index (χ0v) is 9.82. The third-order valence-corrected chi connectivity index (χ3v) is 2.87. The lowest BCUT2D eigenvalue weighted by Gasteiger charge is -2.21. The smallest absolute Gasteiger partial charge is 0.126 e. The topological polar surface area (TPSA) is 47.1 Å². The Kier molecular flexibility index (Phi) is 2.69. The molecule has 0 radical (unpaired) electrons. The third kappa shape index (κ3) is 2.00. The van der Waals surface area contributed by atoms with E-state index in [4.69, 9.17) is 5.73 Å². The number of hydrogen-bond donors (Lipinski definition) is 1. The van der Waals surface area contributed by atoms with Gasteiger partial charge in [0.25, 0.3) is 0 Å². The predicted molar refractivity (Wildman–Crippen MR) is 61.5 cm³/mol. The largest absolute Gasteiger partial charge is 0.384 e. The SMILES string of the molecule is CC(C)Cn1nc2c(c1N)CN(C)CC2. The highest BCUT2D eigenvalue weighted by Gasteiger charge is 2.21. The van der Waals surface area contributed by atoms with E-state index in [0.29, 0.717) is 5.92 Å². The molecule has 0 saturated carbocycles. The minimum Gasteiger partial charge on any atom is -0.384 e. The molecule has 1 aliphatic rings. The average molecular weight is 208 g/mol. The lowest BCUT2D eigenvalue weighted by Crippen LogP contribution is -2.26. The standard InChI is InChI=1S/C11H20N4/c1-8(2)6-15-11(12)9-7-14(3)5-4-10(9)13-15/h8H,4-7,12H2,1-3H3. The van der Waals surface area contributed by atoms with Crippen LogP contribution in [-0.2, 0) is 19.5 Å². The summed E-state index contributed by atoms with van der Waals surface area (Å²) in [4.78, 5) is 2.29. The molecule has 4 heteroatoms. The Labute approximate surface area is 91.1 Å². The van der Waals surface area contributed by atoms with Crippen LogP contribution in [-0.4, -0.2) is 28.3 Å². The van der Waals surface area contributed by atoms with Gasteiger partial charge >= 0.3 is 0 Å². The predicted octanol–water partition coefficient (Wildman–Crippen LogP) is 1.11. The van der Waals surface area contributed by atoms with Gasteiger partial charge in [0.15, 0.2) is 0 Å². The number of hydrogen-bond acceptors (Lipinski definition) is 3. The molecule has 1 aliphatic heterocycles. The molecule has 1 aromatic rings. The van der Waals surface area contributed by atoms with E-state index in [1.54, 1.807) is 0 Å². The number of nitrogens with zero attached hydrogens (tertiary/aromatic N) is 3. The number of nitrogens with two attached hydrogens (primary N) is 1. The van der Waals surface area contributed by atoms with Crippen molar-refractivity contribution in [1.29, 1.82) is 0 Å². The Balaban J connectivity index is 2.28. The normalized spacial score (nSPS) is 17.1. The first-order valence-electron chi connectivity index (χ1n) is 5.60. The summed E-state index contributed by atoms with van der Waals surface area (Å²) in [7, 11) is 2.13. The van der Waals surface area contributed by atoms with Crippen LogP contribution in [0.3, 0.4) is 0 Å². The molecule has 0 atom stereocenters. The second-order valence-corrected chi connectivity index (χ2v) is 4.87. The van der Waals surface area contributed by atoms with Gasteiger partial charge in [0.05, 0.1) is 5.69 Å². The maximum absolute atomic E-state index is 6.11.